The fourth-order valence-corrected chi connectivity index (χ4v) is 1.20. The third-order valence-corrected chi connectivity index (χ3v) is 2.00. The molecule has 0 radical (unpaired) electrons. The molecule has 0 fully saturated rings. The lowest BCUT2D eigenvalue weighted by Gasteiger charge is -2.01. The lowest BCUT2D eigenvalue weighted by Crippen LogP contribution is -2.16. The van der Waals surface area contributed by atoms with Crippen LogP contribution in [0.5, 0.6) is 0 Å². The molecule has 1 N–H and O–H groups in total. The van der Waals surface area contributed by atoms with E-state index in [-0.39, 0.29) is 0 Å². The zero-order chi connectivity index (χ0) is 7.66. The molecule has 0 saturated carbocycles. The van der Waals surface area contributed by atoms with Gasteiger partial charge < -0.3 is 4.84 Å². The third-order valence-electron chi connectivity index (χ3n) is 1.02. The Morgan fingerprint density at radius 3 is 2.80 bits per heavy atom. The van der Waals surface area contributed by atoms with Crippen molar-refractivity contribution in [2.24, 2.45) is 0 Å². The number of rotatable bonds is 7. The first-order valence-corrected chi connectivity index (χ1v) is 4.99. The van der Waals surface area contributed by atoms with Crippen molar-refractivity contribution < 1.29 is 4.84 Å². The Hall–Kier alpha value is 0.270. The van der Waals surface area contributed by atoms with Gasteiger partial charge in [-0.1, -0.05) is 6.92 Å². The molecule has 0 aliphatic rings. The second-order valence-electron chi connectivity index (χ2n) is 1.88. The zero-order valence-electron chi connectivity index (χ0n) is 6.85. The molecule has 0 amide bonds. The first kappa shape index (κ1) is 10.3. The van der Waals surface area contributed by atoms with E-state index in [4.69, 9.17) is 4.84 Å². The first-order chi connectivity index (χ1) is 4.91. The van der Waals surface area contributed by atoms with Crippen LogP contribution in [0, 0.1) is 0 Å². The molecule has 0 heterocycles. The van der Waals surface area contributed by atoms with Crippen molar-refractivity contribution in [1.82, 2.24) is 5.48 Å². The quantitative estimate of drug-likeness (QED) is 0.455. The Balaban J connectivity index is 2.65. The third kappa shape index (κ3) is 8.27. The maximum atomic E-state index is 4.95. The van der Waals surface area contributed by atoms with Gasteiger partial charge in [-0.3, -0.25) is 0 Å². The summed E-state index contributed by atoms with van der Waals surface area (Å²) in [5.41, 5.74) is 2.88. The monoisotopic (exact) mass is 163 g/mol. The van der Waals surface area contributed by atoms with E-state index in [9.17, 15) is 0 Å². The van der Waals surface area contributed by atoms with Crippen molar-refractivity contribution >= 4 is 11.8 Å². The van der Waals surface area contributed by atoms with Crippen LogP contribution in [0.1, 0.15) is 20.3 Å². The summed E-state index contributed by atoms with van der Waals surface area (Å²) in [7, 11) is 0. The molecular formula is C7H17NOS. The average molecular weight is 163 g/mol. The standard InChI is InChI=1S/C7H17NOS/c1-3-9-8-6-5-7-10-4-2/h8H,3-7H2,1-2H3. The Bertz CT molecular complexity index is 53.6. The maximum Gasteiger partial charge on any atom is 0.0653 e. The highest BCUT2D eigenvalue weighted by molar-refractivity contribution is 7.99. The Morgan fingerprint density at radius 2 is 2.20 bits per heavy atom. The van der Waals surface area contributed by atoms with Gasteiger partial charge in [0.1, 0.15) is 0 Å². The minimum atomic E-state index is 0.751. The Labute approximate surface area is 67.7 Å². The molecule has 62 valence electrons. The maximum absolute atomic E-state index is 4.95. The first-order valence-electron chi connectivity index (χ1n) is 3.84. The fourth-order valence-electron chi connectivity index (χ4n) is 0.565. The van der Waals surface area contributed by atoms with Gasteiger partial charge in [0.25, 0.3) is 0 Å². The minimum Gasteiger partial charge on any atom is -0.302 e. The van der Waals surface area contributed by atoms with Gasteiger partial charge in [-0.05, 0) is 24.9 Å². The van der Waals surface area contributed by atoms with Gasteiger partial charge in [0.05, 0.1) is 6.61 Å². The molecular weight excluding hydrogens is 146 g/mol. The average Bonchev–Trinajstić information content (AvgIpc) is 1.97. The molecule has 3 heteroatoms. The predicted octanol–water partition coefficient (Wildman–Crippen LogP) is 1.67. The van der Waals surface area contributed by atoms with Crippen LogP contribution in [-0.2, 0) is 4.84 Å². The highest BCUT2D eigenvalue weighted by Crippen LogP contribution is 1.99. The largest absolute Gasteiger partial charge is 0.302 e. The van der Waals surface area contributed by atoms with Gasteiger partial charge in [-0.15, -0.1) is 0 Å². The Kier molecular flexibility index (Phi) is 9.52. The molecule has 0 aromatic carbocycles. The van der Waals surface area contributed by atoms with Gasteiger partial charge in [-0.2, -0.15) is 11.8 Å². The lowest BCUT2D eigenvalue weighted by atomic mass is 10.5. The second-order valence-corrected chi connectivity index (χ2v) is 3.27. The van der Waals surface area contributed by atoms with Crippen LogP contribution in [-0.4, -0.2) is 24.7 Å². The fraction of sp³-hybridized carbons (Fsp3) is 1.00. The molecule has 10 heavy (non-hydrogen) atoms. The lowest BCUT2D eigenvalue weighted by molar-refractivity contribution is 0.0514. The smallest absolute Gasteiger partial charge is 0.0653 e. The van der Waals surface area contributed by atoms with E-state index in [1.54, 1.807) is 0 Å². The van der Waals surface area contributed by atoms with Crippen molar-refractivity contribution in [2.45, 2.75) is 20.3 Å². The summed E-state index contributed by atoms with van der Waals surface area (Å²) in [5.74, 6) is 2.45. The molecule has 0 unspecified atom stereocenters. The van der Waals surface area contributed by atoms with E-state index in [0.29, 0.717) is 0 Å². The summed E-state index contributed by atoms with van der Waals surface area (Å²) in [6.07, 6.45) is 1.19. The molecule has 0 bridgehead atoms. The van der Waals surface area contributed by atoms with Gasteiger partial charge in [-0.25, -0.2) is 5.48 Å². The molecule has 0 spiro atoms. The van der Waals surface area contributed by atoms with Gasteiger partial charge in [0, 0.05) is 6.54 Å². The van der Waals surface area contributed by atoms with E-state index in [1.807, 2.05) is 18.7 Å². The second kappa shape index (κ2) is 9.27. The molecule has 0 rings (SSSR count). The van der Waals surface area contributed by atoms with Gasteiger partial charge >= 0.3 is 0 Å². The van der Waals surface area contributed by atoms with E-state index < -0.39 is 0 Å². The summed E-state index contributed by atoms with van der Waals surface area (Å²) in [6.45, 7) is 5.89. The topological polar surface area (TPSA) is 21.3 Å². The van der Waals surface area contributed by atoms with Crippen LogP contribution < -0.4 is 5.48 Å². The van der Waals surface area contributed by atoms with E-state index in [2.05, 4.69) is 12.4 Å². The van der Waals surface area contributed by atoms with Crippen LogP contribution >= 0.6 is 11.8 Å². The molecule has 0 aromatic heterocycles. The predicted molar refractivity (Wildman–Crippen MR) is 47.2 cm³/mol. The van der Waals surface area contributed by atoms with Crippen LogP contribution in [0.15, 0.2) is 0 Å². The highest BCUT2D eigenvalue weighted by atomic mass is 32.2. The van der Waals surface area contributed by atoms with E-state index in [0.717, 1.165) is 13.2 Å². The Morgan fingerprint density at radius 1 is 1.40 bits per heavy atom. The van der Waals surface area contributed by atoms with E-state index in [1.165, 1.54) is 17.9 Å². The van der Waals surface area contributed by atoms with Crippen molar-refractivity contribution in [3.63, 3.8) is 0 Å². The molecule has 2 nitrogen and oxygen atoms in total. The number of hydrogen-bond donors (Lipinski definition) is 1. The number of nitrogens with one attached hydrogen (secondary N) is 1. The SMILES string of the molecule is CCONCCCSCC. The molecule has 0 saturated heterocycles. The summed E-state index contributed by atoms with van der Waals surface area (Å²) in [4.78, 5) is 4.95. The van der Waals surface area contributed by atoms with Crippen LogP contribution in [0.2, 0.25) is 0 Å². The highest BCUT2D eigenvalue weighted by Gasteiger charge is 1.86. The van der Waals surface area contributed by atoms with Crippen molar-refractivity contribution in [2.75, 3.05) is 24.7 Å². The number of hydroxylamine groups is 1. The van der Waals surface area contributed by atoms with Gasteiger partial charge in [0.2, 0.25) is 0 Å². The summed E-state index contributed by atoms with van der Waals surface area (Å²) in [5, 5.41) is 0. The molecule has 0 aliphatic heterocycles. The summed E-state index contributed by atoms with van der Waals surface area (Å²) in [6, 6.07) is 0. The molecule has 0 atom stereocenters. The normalized spacial score (nSPS) is 10.2. The van der Waals surface area contributed by atoms with Crippen molar-refractivity contribution in [3.8, 4) is 0 Å². The number of hydrogen-bond acceptors (Lipinski definition) is 3. The van der Waals surface area contributed by atoms with Crippen LogP contribution in [0.25, 0.3) is 0 Å². The van der Waals surface area contributed by atoms with Crippen LogP contribution in [0.4, 0.5) is 0 Å². The van der Waals surface area contributed by atoms with Crippen LogP contribution in [0.3, 0.4) is 0 Å². The van der Waals surface area contributed by atoms with E-state index >= 15 is 0 Å². The van der Waals surface area contributed by atoms with Gasteiger partial charge in [0.15, 0.2) is 0 Å². The molecule has 0 aromatic rings. The minimum absolute atomic E-state index is 0.751. The summed E-state index contributed by atoms with van der Waals surface area (Å²) < 4.78 is 0. The zero-order valence-corrected chi connectivity index (χ0v) is 7.67. The van der Waals surface area contributed by atoms with Crippen molar-refractivity contribution in [3.05, 3.63) is 0 Å². The molecule has 0 aliphatic carbocycles. The summed E-state index contributed by atoms with van der Waals surface area (Å²) >= 11 is 1.97. The number of thioether (sulfide) groups is 1. The van der Waals surface area contributed by atoms with Crippen molar-refractivity contribution in [1.29, 1.82) is 0 Å².